The molecule has 0 aromatic carbocycles. The molecule has 0 unspecified atom stereocenters. The van der Waals surface area contributed by atoms with Crippen molar-refractivity contribution in [1.29, 1.82) is 0 Å². The molecule has 0 amide bonds. The van der Waals surface area contributed by atoms with Gasteiger partial charge in [-0.1, -0.05) is 6.58 Å². The van der Waals surface area contributed by atoms with Gasteiger partial charge in [-0.25, -0.2) is 0 Å². The molecule has 2 nitrogen and oxygen atoms in total. The summed E-state index contributed by atoms with van der Waals surface area (Å²) in [7, 11) is 0. The maximum absolute atomic E-state index is 9.37. The van der Waals surface area contributed by atoms with Crippen LogP contribution in [0.2, 0.25) is 0 Å². The van der Waals surface area contributed by atoms with Crippen LogP contribution in [0.4, 0.5) is 0 Å². The Morgan fingerprint density at radius 2 is 2.33 bits per heavy atom. The Labute approximate surface area is 36.2 Å². The maximum atomic E-state index is 9.37. The van der Waals surface area contributed by atoms with Crippen LogP contribution in [0.25, 0.3) is 0 Å². The minimum absolute atomic E-state index is 0.599. The summed E-state index contributed by atoms with van der Waals surface area (Å²) < 4.78 is 0. The van der Waals surface area contributed by atoms with E-state index in [1.807, 2.05) is 0 Å². The zero-order valence-electron chi connectivity index (χ0n) is 3.29. The Kier molecular flexibility index (Phi) is 3.45. The van der Waals surface area contributed by atoms with Crippen LogP contribution in [0, 0.1) is 0 Å². The van der Waals surface area contributed by atoms with Crippen molar-refractivity contribution in [2.24, 2.45) is 4.99 Å². The van der Waals surface area contributed by atoms with Crippen molar-refractivity contribution in [2.45, 2.75) is 0 Å². The summed E-state index contributed by atoms with van der Waals surface area (Å²) in [4.78, 5) is 12.7. The van der Waals surface area contributed by atoms with Crippen molar-refractivity contribution in [3.05, 3.63) is 12.8 Å². The predicted molar refractivity (Wildman–Crippen MR) is 24.8 cm³/mol. The number of carbonyl (C=O) groups is 1. The van der Waals surface area contributed by atoms with Crippen LogP contribution in [0.1, 0.15) is 0 Å². The minimum atomic E-state index is 0.599. The molecule has 0 aliphatic rings. The van der Waals surface area contributed by atoms with Gasteiger partial charge in [0.15, 0.2) is 6.29 Å². The van der Waals surface area contributed by atoms with Crippen molar-refractivity contribution in [3.63, 3.8) is 0 Å². The second kappa shape index (κ2) is 4.08. The minimum Gasteiger partial charge on any atom is -0.297 e. The van der Waals surface area contributed by atoms with E-state index in [-0.39, 0.29) is 0 Å². The van der Waals surface area contributed by atoms with Gasteiger partial charge in [-0.15, -0.1) is 0 Å². The molecule has 0 rings (SSSR count). The summed E-state index contributed by atoms with van der Waals surface area (Å²) in [5.41, 5.74) is 0. The summed E-state index contributed by atoms with van der Waals surface area (Å²) in [5.74, 6) is 0. The lowest BCUT2D eigenvalue weighted by atomic mass is 10.8. The smallest absolute Gasteiger partial charge is 0.161 e. The lowest BCUT2D eigenvalue weighted by molar-refractivity contribution is -0.102. The van der Waals surface area contributed by atoms with E-state index < -0.39 is 0 Å². The van der Waals surface area contributed by atoms with E-state index in [9.17, 15) is 4.79 Å². The average molecular weight is 83.1 g/mol. The molecule has 32 valence electrons. The lowest BCUT2D eigenvalue weighted by Crippen LogP contribution is -1.66. The van der Waals surface area contributed by atoms with E-state index >= 15 is 0 Å². The number of rotatable bonds is 2. The van der Waals surface area contributed by atoms with Gasteiger partial charge in [0, 0.05) is 6.20 Å². The summed E-state index contributed by atoms with van der Waals surface area (Å²) in [6.07, 6.45) is 3.03. The van der Waals surface area contributed by atoms with Crippen LogP contribution in [0.3, 0.4) is 0 Å². The van der Waals surface area contributed by atoms with E-state index in [2.05, 4.69) is 11.6 Å². The van der Waals surface area contributed by atoms with Crippen LogP contribution in [-0.2, 0) is 4.79 Å². The first-order valence-electron chi connectivity index (χ1n) is 1.49. The summed E-state index contributed by atoms with van der Waals surface area (Å²) in [6, 6.07) is 0. The highest BCUT2D eigenvalue weighted by molar-refractivity contribution is 6.13. The topological polar surface area (TPSA) is 29.4 Å². The number of carbonyl (C=O) groups excluding carboxylic acids is 1. The van der Waals surface area contributed by atoms with Gasteiger partial charge >= 0.3 is 0 Å². The summed E-state index contributed by atoms with van der Waals surface area (Å²) in [6.45, 7) is 3.24. The van der Waals surface area contributed by atoms with Crippen molar-refractivity contribution >= 4 is 12.5 Å². The molecule has 0 bridgehead atoms. The van der Waals surface area contributed by atoms with Crippen LogP contribution >= 0.6 is 0 Å². The van der Waals surface area contributed by atoms with Crippen molar-refractivity contribution in [2.75, 3.05) is 0 Å². The highest BCUT2D eigenvalue weighted by Crippen LogP contribution is 1.56. The average Bonchev–Trinajstić information content (AvgIpc) is 1.61. The zero-order valence-corrected chi connectivity index (χ0v) is 3.29. The molecular formula is C4H5NO. The monoisotopic (exact) mass is 83.0 g/mol. The van der Waals surface area contributed by atoms with E-state index in [1.165, 1.54) is 6.20 Å². The standard InChI is InChI=1S/C4H5NO/c1-2-5-3-4-6/h2-4H,1H2/b5-3-. The molecule has 0 aliphatic carbocycles. The van der Waals surface area contributed by atoms with Gasteiger partial charge in [-0.2, -0.15) is 0 Å². The third kappa shape index (κ3) is 3.08. The number of hydrogen-bond acceptors (Lipinski definition) is 2. The zero-order chi connectivity index (χ0) is 4.83. The Hall–Kier alpha value is -0.920. The van der Waals surface area contributed by atoms with Crippen LogP contribution < -0.4 is 0 Å². The van der Waals surface area contributed by atoms with Gasteiger partial charge in [0.25, 0.3) is 0 Å². The molecule has 0 aromatic rings. The fourth-order valence-corrected chi connectivity index (χ4v) is 0.0960. The highest BCUT2D eigenvalue weighted by Gasteiger charge is 1.52. The van der Waals surface area contributed by atoms with E-state index in [0.29, 0.717) is 6.29 Å². The van der Waals surface area contributed by atoms with Crippen molar-refractivity contribution in [1.82, 2.24) is 0 Å². The molecule has 0 heterocycles. The van der Waals surface area contributed by atoms with Gasteiger partial charge in [-0.05, 0) is 0 Å². The van der Waals surface area contributed by atoms with Crippen LogP contribution in [0.15, 0.2) is 17.8 Å². The maximum Gasteiger partial charge on any atom is 0.161 e. The number of nitrogens with zero attached hydrogens (tertiary/aromatic N) is 1. The molecule has 0 atom stereocenters. The predicted octanol–water partition coefficient (Wildman–Crippen LogP) is 0.400. The largest absolute Gasteiger partial charge is 0.297 e. The Morgan fingerprint density at radius 1 is 1.67 bits per heavy atom. The number of aldehydes is 1. The van der Waals surface area contributed by atoms with Crippen LogP contribution in [-0.4, -0.2) is 12.5 Å². The Balaban J connectivity index is 3.17. The van der Waals surface area contributed by atoms with Crippen LogP contribution in [0.5, 0.6) is 0 Å². The molecule has 0 fully saturated rings. The molecule has 0 aliphatic heterocycles. The summed E-state index contributed by atoms with van der Waals surface area (Å²) >= 11 is 0. The van der Waals surface area contributed by atoms with Crippen molar-refractivity contribution < 1.29 is 4.79 Å². The molecule has 6 heavy (non-hydrogen) atoms. The molecule has 2 heteroatoms. The molecular weight excluding hydrogens is 78.0 g/mol. The van der Waals surface area contributed by atoms with Gasteiger partial charge in [0.1, 0.15) is 0 Å². The Morgan fingerprint density at radius 3 is 2.50 bits per heavy atom. The van der Waals surface area contributed by atoms with E-state index in [1.54, 1.807) is 0 Å². The van der Waals surface area contributed by atoms with Gasteiger partial charge < -0.3 is 0 Å². The first-order chi connectivity index (χ1) is 2.91. The third-order valence-corrected chi connectivity index (χ3v) is 0.252. The van der Waals surface area contributed by atoms with Gasteiger partial charge in [0.2, 0.25) is 0 Å². The second-order valence-corrected chi connectivity index (χ2v) is 0.617. The fraction of sp³-hybridized carbons (Fsp3) is 0. The Bertz CT molecular complexity index is 65.6. The molecule has 0 N–H and O–H groups in total. The normalized spacial score (nSPS) is 8.67. The highest BCUT2D eigenvalue weighted by atomic mass is 16.1. The van der Waals surface area contributed by atoms with Crippen molar-refractivity contribution in [3.8, 4) is 0 Å². The number of aliphatic imine (C=N–C) groups is 1. The molecule has 0 saturated carbocycles. The summed E-state index contributed by atoms with van der Waals surface area (Å²) in [5, 5.41) is 0. The second-order valence-electron chi connectivity index (χ2n) is 0.617. The molecule has 0 aromatic heterocycles. The van der Waals surface area contributed by atoms with E-state index in [4.69, 9.17) is 0 Å². The van der Waals surface area contributed by atoms with Gasteiger partial charge in [-0.3, -0.25) is 9.79 Å². The molecule has 0 saturated heterocycles. The lowest BCUT2D eigenvalue weighted by Gasteiger charge is -1.59. The SMILES string of the molecule is C=C/N=C\C=O. The quantitative estimate of drug-likeness (QED) is 0.351. The molecule has 0 radical (unpaired) electrons. The fourth-order valence-electron chi connectivity index (χ4n) is 0.0960. The number of hydrogen-bond donors (Lipinski definition) is 0. The first kappa shape index (κ1) is 5.08. The first-order valence-corrected chi connectivity index (χ1v) is 1.49. The van der Waals surface area contributed by atoms with Gasteiger partial charge in [0.05, 0.1) is 6.21 Å². The molecule has 0 spiro atoms. The third-order valence-electron chi connectivity index (χ3n) is 0.252. The van der Waals surface area contributed by atoms with E-state index in [0.717, 1.165) is 6.21 Å².